The zero-order valence-corrected chi connectivity index (χ0v) is 16.3. The molecule has 1 saturated heterocycles. The molecule has 0 aliphatic carbocycles. The Morgan fingerprint density at radius 2 is 1.93 bits per heavy atom. The summed E-state index contributed by atoms with van der Waals surface area (Å²) in [6.45, 7) is 7.04. The number of hydrogen-bond acceptors (Lipinski definition) is 6. The van der Waals surface area contributed by atoms with Gasteiger partial charge in [0.05, 0.1) is 25.9 Å². The van der Waals surface area contributed by atoms with Crippen molar-refractivity contribution in [2.75, 3.05) is 19.8 Å². The van der Waals surface area contributed by atoms with Crippen LogP contribution in [0.1, 0.15) is 39.2 Å². The summed E-state index contributed by atoms with van der Waals surface area (Å²) in [6, 6.07) is 9.13. The molecule has 2 atom stereocenters. The van der Waals surface area contributed by atoms with E-state index in [1.807, 2.05) is 44.2 Å². The lowest BCUT2D eigenvalue weighted by atomic mass is 9.99. The van der Waals surface area contributed by atoms with Crippen molar-refractivity contribution in [2.45, 2.75) is 52.3 Å². The standard InChI is InChI=1S/C20H30N2O5/c1-4-25-19(23)18-11-10-17(12-22(18)20(24)26-13-15(2)3)21-27-14-16-8-6-5-7-9-16/h5-9,15,17-18,21H,4,10-14H2,1-3H3/t17-,18+/m1/s1. The van der Waals surface area contributed by atoms with Crippen LogP contribution in [0.5, 0.6) is 0 Å². The Hall–Kier alpha value is -2.12. The molecule has 7 nitrogen and oxygen atoms in total. The normalized spacial score (nSPS) is 19.8. The average molecular weight is 378 g/mol. The van der Waals surface area contributed by atoms with E-state index in [1.54, 1.807) is 6.92 Å². The minimum Gasteiger partial charge on any atom is -0.464 e. The molecule has 1 aliphatic rings. The fraction of sp³-hybridized carbons (Fsp3) is 0.600. The van der Waals surface area contributed by atoms with Gasteiger partial charge in [0.15, 0.2) is 0 Å². The molecule has 1 heterocycles. The number of benzene rings is 1. The van der Waals surface area contributed by atoms with Gasteiger partial charge in [-0.3, -0.25) is 9.74 Å². The maximum Gasteiger partial charge on any atom is 0.410 e. The summed E-state index contributed by atoms with van der Waals surface area (Å²) in [5.74, 6) is -0.162. The van der Waals surface area contributed by atoms with E-state index < -0.39 is 12.1 Å². The lowest BCUT2D eigenvalue weighted by Crippen LogP contribution is -2.56. The van der Waals surface area contributed by atoms with E-state index in [2.05, 4.69) is 5.48 Å². The molecule has 2 rings (SSSR count). The summed E-state index contributed by atoms with van der Waals surface area (Å²) in [7, 11) is 0. The van der Waals surface area contributed by atoms with Gasteiger partial charge in [-0.05, 0) is 31.2 Å². The lowest BCUT2D eigenvalue weighted by Gasteiger charge is -2.37. The number of piperidine rings is 1. The van der Waals surface area contributed by atoms with Gasteiger partial charge in [0.1, 0.15) is 6.04 Å². The minimum absolute atomic E-state index is 0.0778. The van der Waals surface area contributed by atoms with Crippen LogP contribution in [0.25, 0.3) is 0 Å². The van der Waals surface area contributed by atoms with Crippen molar-refractivity contribution in [2.24, 2.45) is 5.92 Å². The number of esters is 1. The van der Waals surface area contributed by atoms with Crippen molar-refractivity contribution in [1.82, 2.24) is 10.4 Å². The smallest absolute Gasteiger partial charge is 0.410 e. The maximum atomic E-state index is 12.5. The van der Waals surface area contributed by atoms with Crippen molar-refractivity contribution in [3.63, 3.8) is 0 Å². The van der Waals surface area contributed by atoms with Gasteiger partial charge in [-0.1, -0.05) is 44.2 Å². The molecule has 27 heavy (non-hydrogen) atoms. The number of hydroxylamine groups is 1. The molecule has 1 aromatic rings. The van der Waals surface area contributed by atoms with Crippen LogP contribution in [0.3, 0.4) is 0 Å². The van der Waals surface area contributed by atoms with Crippen LogP contribution in [-0.2, 0) is 25.7 Å². The molecule has 0 bridgehead atoms. The lowest BCUT2D eigenvalue weighted by molar-refractivity contribution is -0.151. The number of hydrogen-bond donors (Lipinski definition) is 1. The van der Waals surface area contributed by atoms with Crippen molar-refractivity contribution in [1.29, 1.82) is 0 Å². The second-order valence-corrected chi connectivity index (χ2v) is 7.06. The Bertz CT molecular complexity index is 593. The highest BCUT2D eigenvalue weighted by Crippen LogP contribution is 2.20. The Kier molecular flexibility index (Phi) is 8.54. The molecule has 0 spiro atoms. The van der Waals surface area contributed by atoms with Crippen LogP contribution in [0.15, 0.2) is 30.3 Å². The molecule has 7 heteroatoms. The maximum absolute atomic E-state index is 12.5. The van der Waals surface area contributed by atoms with Gasteiger partial charge in [0.2, 0.25) is 0 Å². The topological polar surface area (TPSA) is 77.1 Å². The first kappa shape index (κ1) is 21.2. The zero-order chi connectivity index (χ0) is 19.6. The predicted octanol–water partition coefficient (Wildman–Crippen LogP) is 2.90. The van der Waals surface area contributed by atoms with Crippen LogP contribution < -0.4 is 5.48 Å². The third kappa shape index (κ3) is 6.84. The number of nitrogens with zero attached hydrogens (tertiary/aromatic N) is 1. The second kappa shape index (κ2) is 10.9. The first-order valence-corrected chi connectivity index (χ1v) is 9.52. The summed E-state index contributed by atoms with van der Waals surface area (Å²) in [5, 5.41) is 0. The summed E-state index contributed by atoms with van der Waals surface area (Å²) in [6.07, 6.45) is 0.713. The summed E-state index contributed by atoms with van der Waals surface area (Å²) < 4.78 is 10.5. The molecule has 1 fully saturated rings. The van der Waals surface area contributed by atoms with Crippen molar-refractivity contribution >= 4 is 12.1 Å². The van der Waals surface area contributed by atoms with Crippen LogP contribution in [0.2, 0.25) is 0 Å². The van der Waals surface area contributed by atoms with Gasteiger partial charge in [0, 0.05) is 6.54 Å². The summed E-state index contributed by atoms with van der Waals surface area (Å²) >= 11 is 0. The molecule has 0 aromatic heterocycles. The SMILES string of the molecule is CCOC(=O)[C@@H]1CC[C@@H](NOCc2ccccc2)CN1C(=O)OCC(C)C. The van der Waals surface area contributed by atoms with Gasteiger partial charge in [-0.2, -0.15) is 5.48 Å². The predicted molar refractivity (Wildman–Crippen MR) is 101 cm³/mol. The molecule has 0 radical (unpaired) electrons. The number of carbonyl (C=O) groups excluding carboxylic acids is 2. The summed E-state index contributed by atoms with van der Waals surface area (Å²) in [4.78, 5) is 31.8. The number of ether oxygens (including phenoxy) is 2. The number of amides is 1. The van der Waals surface area contributed by atoms with E-state index in [9.17, 15) is 9.59 Å². The largest absolute Gasteiger partial charge is 0.464 e. The molecule has 1 aromatic carbocycles. The van der Waals surface area contributed by atoms with Crippen LogP contribution in [0.4, 0.5) is 4.79 Å². The fourth-order valence-electron chi connectivity index (χ4n) is 2.89. The molecular formula is C20H30N2O5. The van der Waals surface area contributed by atoms with Gasteiger partial charge in [-0.25, -0.2) is 9.59 Å². The molecule has 150 valence electrons. The first-order valence-electron chi connectivity index (χ1n) is 9.52. The van der Waals surface area contributed by atoms with E-state index in [1.165, 1.54) is 4.90 Å². The molecule has 0 unspecified atom stereocenters. The van der Waals surface area contributed by atoms with E-state index >= 15 is 0 Å². The van der Waals surface area contributed by atoms with Gasteiger partial charge < -0.3 is 9.47 Å². The Labute approximate surface area is 160 Å². The first-order chi connectivity index (χ1) is 13.0. The quantitative estimate of drug-likeness (QED) is 0.554. The number of nitrogens with one attached hydrogen (secondary N) is 1. The van der Waals surface area contributed by atoms with E-state index in [4.69, 9.17) is 14.3 Å². The minimum atomic E-state index is -0.614. The van der Waals surface area contributed by atoms with E-state index in [-0.39, 0.29) is 24.5 Å². The third-order valence-corrected chi connectivity index (χ3v) is 4.25. The Morgan fingerprint density at radius 3 is 2.59 bits per heavy atom. The van der Waals surface area contributed by atoms with E-state index in [0.29, 0.717) is 32.6 Å². The zero-order valence-electron chi connectivity index (χ0n) is 16.3. The highest BCUT2D eigenvalue weighted by Gasteiger charge is 2.38. The Balaban J connectivity index is 1.92. The summed E-state index contributed by atoms with van der Waals surface area (Å²) in [5.41, 5.74) is 4.06. The Morgan fingerprint density at radius 1 is 1.19 bits per heavy atom. The van der Waals surface area contributed by atoms with Crippen molar-refractivity contribution < 1.29 is 23.9 Å². The number of rotatable bonds is 8. The number of likely N-dealkylation sites (tertiary alicyclic amines) is 1. The second-order valence-electron chi connectivity index (χ2n) is 7.06. The van der Waals surface area contributed by atoms with Gasteiger partial charge >= 0.3 is 12.1 Å². The molecular weight excluding hydrogens is 348 g/mol. The van der Waals surface area contributed by atoms with Crippen LogP contribution >= 0.6 is 0 Å². The van der Waals surface area contributed by atoms with Gasteiger partial charge in [0.25, 0.3) is 0 Å². The fourth-order valence-corrected chi connectivity index (χ4v) is 2.89. The van der Waals surface area contributed by atoms with E-state index in [0.717, 1.165) is 5.56 Å². The molecule has 0 saturated carbocycles. The molecule has 1 aliphatic heterocycles. The van der Waals surface area contributed by atoms with Crippen molar-refractivity contribution in [3.05, 3.63) is 35.9 Å². The number of carbonyl (C=O) groups is 2. The highest BCUT2D eigenvalue weighted by molar-refractivity contribution is 5.81. The monoisotopic (exact) mass is 378 g/mol. The average Bonchev–Trinajstić information content (AvgIpc) is 2.67. The van der Waals surface area contributed by atoms with Crippen molar-refractivity contribution in [3.8, 4) is 0 Å². The van der Waals surface area contributed by atoms with Crippen LogP contribution in [0, 0.1) is 5.92 Å². The van der Waals surface area contributed by atoms with Crippen LogP contribution in [-0.4, -0.2) is 48.8 Å². The molecule has 1 amide bonds. The molecule has 1 N–H and O–H groups in total. The highest BCUT2D eigenvalue weighted by atomic mass is 16.6. The van der Waals surface area contributed by atoms with Gasteiger partial charge in [-0.15, -0.1) is 0 Å². The third-order valence-electron chi connectivity index (χ3n) is 4.25.